The lowest BCUT2D eigenvalue weighted by molar-refractivity contribution is 0.101. The topological polar surface area (TPSA) is 35.0 Å². The Morgan fingerprint density at radius 2 is 1.47 bits per heavy atom. The van der Waals surface area contributed by atoms with Gasteiger partial charge in [-0.1, -0.05) is 153 Å². The van der Waals surface area contributed by atoms with Gasteiger partial charge >= 0.3 is 0 Å². The Morgan fingerprint density at radius 1 is 0.700 bits per heavy atom. The number of benzene rings is 5. The summed E-state index contributed by atoms with van der Waals surface area (Å²) in [6.45, 7) is 6.97. The fourth-order valence-electron chi connectivity index (χ4n) is 10.8. The molecule has 0 fully saturated rings. The number of thiophene rings is 1. The highest BCUT2D eigenvalue weighted by Crippen LogP contribution is 2.65. The second kappa shape index (κ2) is 13.3. The number of allylic oxidation sites excluding steroid dienone is 7. The van der Waals surface area contributed by atoms with E-state index in [4.69, 9.17) is 14.7 Å². The largest absolute Gasteiger partial charge is 0.482 e. The van der Waals surface area contributed by atoms with Crippen LogP contribution in [0.25, 0.3) is 66.8 Å². The molecule has 0 bridgehead atoms. The summed E-state index contributed by atoms with van der Waals surface area (Å²) in [5.41, 5.74) is 15.9. The number of hydrogen-bond acceptors (Lipinski definition) is 4. The Kier molecular flexibility index (Phi) is 7.90. The van der Waals surface area contributed by atoms with Gasteiger partial charge in [0.15, 0.2) is 5.82 Å². The van der Waals surface area contributed by atoms with Crippen LogP contribution in [-0.2, 0) is 5.41 Å². The normalized spacial score (nSPS) is 23.1. The van der Waals surface area contributed by atoms with E-state index in [2.05, 4.69) is 179 Å². The molecule has 1 spiro atoms. The van der Waals surface area contributed by atoms with E-state index < -0.39 is 5.60 Å². The molecule has 2 aromatic heterocycles. The molecular formula is C56H44N2OS. The van der Waals surface area contributed by atoms with Crippen molar-refractivity contribution in [1.82, 2.24) is 9.97 Å². The lowest BCUT2D eigenvalue weighted by Gasteiger charge is -2.51. The first-order valence-corrected chi connectivity index (χ1v) is 22.2. The van der Waals surface area contributed by atoms with Crippen molar-refractivity contribution in [2.45, 2.75) is 57.0 Å². The maximum atomic E-state index is 7.22. The zero-order valence-electron chi connectivity index (χ0n) is 34.1. The summed E-state index contributed by atoms with van der Waals surface area (Å²) in [6, 6.07) is 44.2. The fourth-order valence-corrected chi connectivity index (χ4v) is 12.1. The van der Waals surface area contributed by atoms with Crippen molar-refractivity contribution in [3.63, 3.8) is 0 Å². The van der Waals surface area contributed by atoms with Crippen LogP contribution in [0.15, 0.2) is 169 Å². The van der Waals surface area contributed by atoms with Gasteiger partial charge in [-0.2, -0.15) is 0 Å². The molecule has 4 heteroatoms. The van der Waals surface area contributed by atoms with Gasteiger partial charge in [-0.05, 0) is 100 Å². The molecule has 0 saturated heterocycles. The van der Waals surface area contributed by atoms with E-state index in [1.165, 1.54) is 53.9 Å². The molecule has 0 N–H and O–H groups in total. The van der Waals surface area contributed by atoms with Crippen LogP contribution in [0.4, 0.5) is 0 Å². The standard InChI is InChI=1S/C56H44N2OS/c1-34-22-25-42-41-18-7-8-20-45(41)56(47(42)29-34)46-27-24-38(31-50(46)59-55(3)28-10-9-21-52(55)56)37-16-12-17-39(30-37)48-33-49(58-54(57-48)36-14-5-4-6-15-36)40-23-26-43-44-19-11-13-35(2)53(44)60-51(43)32-40/h4-12,14-27,30-35H,13,28-29H2,1-3H3. The average molecular weight is 793 g/mol. The third-order valence-corrected chi connectivity index (χ3v) is 15.0. The van der Waals surface area contributed by atoms with Gasteiger partial charge in [0.1, 0.15) is 11.4 Å². The summed E-state index contributed by atoms with van der Waals surface area (Å²) in [5, 5.41) is 1.33. The van der Waals surface area contributed by atoms with Crippen LogP contribution in [0.2, 0.25) is 0 Å². The van der Waals surface area contributed by atoms with Gasteiger partial charge in [-0.15, -0.1) is 11.3 Å². The minimum Gasteiger partial charge on any atom is -0.482 e. The molecule has 5 aromatic carbocycles. The summed E-state index contributed by atoms with van der Waals surface area (Å²) in [4.78, 5) is 11.9. The van der Waals surface area contributed by atoms with E-state index >= 15 is 0 Å². The minimum absolute atomic E-state index is 0.385. The first-order chi connectivity index (χ1) is 29.4. The quantitative estimate of drug-likeness (QED) is 0.178. The van der Waals surface area contributed by atoms with E-state index in [0.717, 1.165) is 70.0 Å². The zero-order chi connectivity index (χ0) is 40.2. The van der Waals surface area contributed by atoms with Crippen molar-refractivity contribution in [3.05, 3.63) is 196 Å². The highest BCUT2D eigenvalue weighted by Gasteiger charge is 2.58. The average Bonchev–Trinajstić information content (AvgIpc) is 3.80. The molecule has 1 aliphatic heterocycles. The zero-order valence-corrected chi connectivity index (χ0v) is 34.9. The molecule has 12 rings (SSSR count). The molecule has 3 nitrogen and oxygen atoms in total. The molecule has 60 heavy (non-hydrogen) atoms. The number of rotatable bonds is 4. The van der Waals surface area contributed by atoms with E-state index in [1.54, 1.807) is 0 Å². The maximum absolute atomic E-state index is 7.22. The summed E-state index contributed by atoms with van der Waals surface area (Å²) in [7, 11) is 0. The smallest absolute Gasteiger partial charge is 0.160 e. The van der Waals surface area contributed by atoms with Gasteiger partial charge < -0.3 is 4.74 Å². The molecule has 4 unspecified atom stereocenters. The molecule has 0 saturated carbocycles. The van der Waals surface area contributed by atoms with Crippen molar-refractivity contribution < 1.29 is 4.74 Å². The van der Waals surface area contributed by atoms with Gasteiger partial charge in [-0.3, -0.25) is 0 Å². The van der Waals surface area contributed by atoms with Gasteiger partial charge in [0.2, 0.25) is 0 Å². The van der Waals surface area contributed by atoms with Crippen molar-refractivity contribution in [1.29, 1.82) is 0 Å². The van der Waals surface area contributed by atoms with E-state index in [0.29, 0.717) is 11.8 Å². The third-order valence-electron chi connectivity index (χ3n) is 13.6. The SMILES string of the molecule is CC1C=CC2=C(C1)C1(C3=CC=CCC3(C)Oc3cc(-c4cccc(-c5cc(-c6ccc7c8c(sc7c6)C(C)CC=C8)nc(-c6ccccc6)n5)c4)ccc31)c1ccccc12. The highest BCUT2D eigenvalue weighted by atomic mass is 32.1. The van der Waals surface area contributed by atoms with Gasteiger partial charge in [0.05, 0.1) is 16.8 Å². The number of nitrogens with zero attached hydrogens (tertiary/aromatic N) is 2. The van der Waals surface area contributed by atoms with E-state index in [-0.39, 0.29) is 5.41 Å². The van der Waals surface area contributed by atoms with Crippen molar-refractivity contribution >= 4 is 33.1 Å². The molecule has 7 aromatic rings. The molecule has 290 valence electrons. The van der Waals surface area contributed by atoms with Gasteiger partial charge in [-0.25, -0.2) is 9.97 Å². The van der Waals surface area contributed by atoms with Gasteiger partial charge in [0.25, 0.3) is 0 Å². The van der Waals surface area contributed by atoms with Crippen LogP contribution < -0.4 is 4.74 Å². The van der Waals surface area contributed by atoms with Crippen LogP contribution >= 0.6 is 11.3 Å². The summed E-state index contributed by atoms with van der Waals surface area (Å²) in [5.74, 6) is 2.69. The van der Waals surface area contributed by atoms with Crippen molar-refractivity contribution in [2.24, 2.45) is 5.92 Å². The van der Waals surface area contributed by atoms with Crippen LogP contribution in [0.1, 0.15) is 73.1 Å². The summed E-state index contributed by atoms with van der Waals surface area (Å²) < 4.78 is 8.52. The predicted octanol–water partition coefficient (Wildman–Crippen LogP) is 14.6. The second-order valence-corrected chi connectivity index (χ2v) is 18.6. The van der Waals surface area contributed by atoms with Crippen molar-refractivity contribution in [3.8, 4) is 50.8 Å². The maximum Gasteiger partial charge on any atom is 0.160 e. The second-order valence-electron chi connectivity index (χ2n) is 17.5. The number of ether oxygens (including phenoxy) is 1. The van der Waals surface area contributed by atoms with Crippen molar-refractivity contribution in [2.75, 3.05) is 0 Å². The molecule has 5 aliphatic rings. The van der Waals surface area contributed by atoms with Crippen LogP contribution in [0.5, 0.6) is 5.75 Å². The molecule has 0 amide bonds. The van der Waals surface area contributed by atoms with E-state index in [1.807, 2.05) is 17.4 Å². The predicted molar refractivity (Wildman–Crippen MR) is 249 cm³/mol. The van der Waals surface area contributed by atoms with Crippen LogP contribution in [0.3, 0.4) is 0 Å². The molecule has 4 atom stereocenters. The van der Waals surface area contributed by atoms with Crippen LogP contribution in [0, 0.1) is 5.92 Å². The summed E-state index contributed by atoms with van der Waals surface area (Å²) in [6.07, 6.45) is 19.2. The Morgan fingerprint density at radius 3 is 2.35 bits per heavy atom. The minimum atomic E-state index is -0.478. The fraction of sp³-hybridized carbons (Fsp3) is 0.179. The molecule has 3 heterocycles. The number of fused-ring (bicyclic) bond motifs is 11. The highest BCUT2D eigenvalue weighted by molar-refractivity contribution is 7.19. The third kappa shape index (κ3) is 5.26. The lowest BCUT2D eigenvalue weighted by atomic mass is 9.58. The summed E-state index contributed by atoms with van der Waals surface area (Å²) >= 11 is 1.92. The molecular weight excluding hydrogens is 749 g/mol. The molecule has 0 radical (unpaired) electrons. The lowest BCUT2D eigenvalue weighted by Crippen LogP contribution is -2.50. The first kappa shape index (κ1) is 35.6. The number of aromatic nitrogens is 2. The first-order valence-electron chi connectivity index (χ1n) is 21.4. The number of hydrogen-bond donors (Lipinski definition) is 0. The Labute approximate surface area is 355 Å². The molecule has 4 aliphatic carbocycles. The van der Waals surface area contributed by atoms with Gasteiger partial charge in [0, 0.05) is 43.6 Å². The Hall–Kier alpha value is -6.36. The van der Waals surface area contributed by atoms with Crippen LogP contribution in [-0.4, -0.2) is 15.6 Å². The Balaban J connectivity index is 0.988. The Bertz CT molecular complexity index is 3110. The monoisotopic (exact) mass is 792 g/mol. The van der Waals surface area contributed by atoms with E-state index in [9.17, 15) is 0 Å².